The number of hydrogen-bond donors (Lipinski definition) is 12. The van der Waals surface area contributed by atoms with E-state index in [0.29, 0.717) is 0 Å². The predicted octanol–water partition coefficient (Wildman–Crippen LogP) is -6.99. The van der Waals surface area contributed by atoms with Crippen LogP contribution < -0.4 is 0 Å². The van der Waals surface area contributed by atoms with E-state index in [1.165, 1.54) is 0 Å². The molecule has 0 bridgehead atoms. The van der Waals surface area contributed by atoms with Gasteiger partial charge in [0.15, 0.2) is 12.2 Å². The number of rotatable bonds is 10. The molecular formula is C12H24Cu2O14. The van der Waals surface area contributed by atoms with Crippen molar-refractivity contribution < 1.29 is 105 Å². The SMILES string of the molecule is O=C(O)C(O)C(O)C(O)C(O)CO.O=C(O)C(O)C(O)C(O)C(O)CO.[Cu].[Cu]. The van der Waals surface area contributed by atoms with Gasteiger partial charge in [-0.1, -0.05) is 0 Å². The maximum absolute atomic E-state index is 10.1. The van der Waals surface area contributed by atoms with Crippen molar-refractivity contribution in [2.45, 2.75) is 48.8 Å². The van der Waals surface area contributed by atoms with Crippen LogP contribution >= 0.6 is 0 Å². The summed E-state index contributed by atoms with van der Waals surface area (Å²) in [6, 6.07) is 0. The second-order valence-corrected chi connectivity index (χ2v) is 5.03. The fourth-order valence-corrected chi connectivity index (χ4v) is 1.34. The van der Waals surface area contributed by atoms with Gasteiger partial charge in [0.2, 0.25) is 0 Å². The van der Waals surface area contributed by atoms with Gasteiger partial charge in [0.25, 0.3) is 0 Å². The van der Waals surface area contributed by atoms with Gasteiger partial charge in [-0.2, -0.15) is 0 Å². The minimum atomic E-state index is -2.20. The first-order valence-electron chi connectivity index (χ1n) is 6.95. The van der Waals surface area contributed by atoms with Crippen LogP contribution in [0.1, 0.15) is 0 Å². The first-order valence-corrected chi connectivity index (χ1v) is 6.95. The van der Waals surface area contributed by atoms with Crippen LogP contribution in [0.2, 0.25) is 0 Å². The van der Waals surface area contributed by atoms with Crippen LogP contribution in [0, 0.1) is 0 Å². The van der Waals surface area contributed by atoms with Crippen molar-refractivity contribution in [3.63, 3.8) is 0 Å². The van der Waals surface area contributed by atoms with Crippen molar-refractivity contribution in [2.75, 3.05) is 13.2 Å². The Kier molecular flexibility index (Phi) is 21.8. The van der Waals surface area contributed by atoms with Gasteiger partial charge in [-0.05, 0) is 0 Å². The average molecular weight is 519 g/mol. The molecule has 178 valence electrons. The third-order valence-electron chi connectivity index (χ3n) is 3.02. The molecule has 8 atom stereocenters. The Hall–Kier alpha value is -0.421. The average Bonchev–Trinajstić information content (AvgIpc) is 2.62. The standard InChI is InChI=1S/2C6H12O7.2Cu/c2*7-1-2(8)3(9)4(10)5(11)6(12)13;;/h2*2-5,7-11H,1H2,(H,12,13);;. The molecule has 8 unspecified atom stereocenters. The summed E-state index contributed by atoms with van der Waals surface area (Å²) < 4.78 is 0. The number of aliphatic hydroxyl groups is 10. The molecule has 16 heteroatoms. The molecule has 0 rings (SSSR count). The molecule has 0 heterocycles. The van der Waals surface area contributed by atoms with Crippen LogP contribution in [-0.4, -0.2) is 135 Å². The van der Waals surface area contributed by atoms with Gasteiger partial charge in [-0.3, -0.25) is 0 Å². The molecule has 12 N–H and O–H groups in total. The van der Waals surface area contributed by atoms with Crippen molar-refractivity contribution in [2.24, 2.45) is 0 Å². The Labute approximate surface area is 179 Å². The van der Waals surface area contributed by atoms with Crippen LogP contribution in [0.15, 0.2) is 0 Å². The Balaban J connectivity index is -0.000000192. The summed E-state index contributed by atoms with van der Waals surface area (Å²) in [5, 5.41) is 104. The van der Waals surface area contributed by atoms with Crippen molar-refractivity contribution in [1.29, 1.82) is 0 Å². The Morgan fingerprint density at radius 2 is 0.750 bits per heavy atom. The quantitative estimate of drug-likeness (QED) is 0.120. The van der Waals surface area contributed by atoms with Crippen LogP contribution in [0.5, 0.6) is 0 Å². The smallest absolute Gasteiger partial charge is 0.335 e. The summed E-state index contributed by atoms with van der Waals surface area (Å²) >= 11 is 0. The van der Waals surface area contributed by atoms with E-state index in [0.717, 1.165) is 0 Å². The minimum absolute atomic E-state index is 0. The fraction of sp³-hybridized carbons (Fsp3) is 0.833. The molecule has 0 aliphatic carbocycles. The summed E-state index contributed by atoms with van der Waals surface area (Å²) in [5.74, 6) is -3.45. The van der Waals surface area contributed by atoms with E-state index < -0.39 is 74.0 Å². The molecule has 0 fully saturated rings. The number of carboxylic acid groups (broad SMARTS) is 2. The van der Waals surface area contributed by atoms with Gasteiger partial charge in [-0.25, -0.2) is 9.59 Å². The normalized spacial score (nSPS) is 18.9. The van der Waals surface area contributed by atoms with Crippen molar-refractivity contribution in [3.8, 4) is 0 Å². The molecule has 0 aromatic carbocycles. The topological polar surface area (TPSA) is 277 Å². The van der Waals surface area contributed by atoms with E-state index in [2.05, 4.69) is 0 Å². The Morgan fingerprint density at radius 3 is 0.893 bits per heavy atom. The molecular weight excluding hydrogens is 495 g/mol. The molecule has 0 amide bonds. The maximum atomic E-state index is 10.1. The number of aliphatic hydroxyl groups excluding tert-OH is 10. The molecule has 0 aliphatic rings. The van der Waals surface area contributed by atoms with E-state index in [4.69, 9.17) is 61.3 Å². The minimum Gasteiger partial charge on any atom is -0.479 e. The summed E-state index contributed by atoms with van der Waals surface area (Å²) in [6.45, 7) is -1.69. The van der Waals surface area contributed by atoms with Crippen LogP contribution in [0.3, 0.4) is 0 Å². The first-order chi connectivity index (χ1) is 11.8. The van der Waals surface area contributed by atoms with Crippen LogP contribution in [0.25, 0.3) is 0 Å². The Bertz CT molecular complexity index is 389. The third kappa shape index (κ3) is 12.2. The number of carboxylic acids is 2. The van der Waals surface area contributed by atoms with E-state index in [1.807, 2.05) is 0 Å². The van der Waals surface area contributed by atoms with Crippen LogP contribution in [-0.2, 0) is 43.7 Å². The second-order valence-electron chi connectivity index (χ2n) is 5.03. The predicted molar refractivity (Wildman–Crippen MR) is 77.5 cm³/mol. The van der Waals surface area contributed by atoms with E-state index >= 15 is 0 Å². The molecule has 0 aliphatic heterocycles. The molecule has 28 heavy (non-hydrogen) atoms. The van der Waals surface area contributed by atoms with Gasteiger partial charge >= 0.3 is 11.9 Å². The van der Waals surface area contributed by atoms with Gasteiger partial charge in [0.05, 0.1) is 13.2 Å². The zero-order valence-electron chi connectivity index (χ0n) is 13.8. The molecule has 0 aromatic heterocycles. The van der Waals surface area contributed by atoms with Gasteiger partial charge < -0.3 is 61.3 Å². The van der Waals surface area contributed by atoms with Crippen molar-refractivity contribution in [3.05, 3.63) is 0 Å². The monoisotopic (exact) mass is 518 g/mol. The van der Waals surface area contributed by atoms with Gasteiger partial charge in [-0.15, -0.1) is 0 Å². The van der Waals surface area contributed by atoms with E-state index in [9.17, 15) is 9.59 Å². The first kappa shape index (κ1) is 35.0. The summed E-state index contributed by atoms with van der Waals surface area (Å²) in [5.41, 5.74) is 0. The molecule has 0 saturated carbocycles. The molecule has 0 saturated heterocycles. The van der Waals surface area contributed by atoms with E-state index in [-0.39, 0.29) is 34.1 Å². The summed E-state index contributed by atoms with van der Waals surface area (Å²) in [6.07, 6.45) is -15.7. The largest absolute Gasteiger partial charge is 0.479 e. The number of aliphatic carboxylic acids is 2. The molecule has 2 radical (unpaired) electrons. The number of carbonyl (C=O) groups is 2. The second kappa shape index (κ2) is 17.4. The van der Waals surface area contributed by atoms with Gasteiger partial charge in [0, 0.05) is 34.1 Å². The molecule has 14 nitrogen and oxygen atoms in total. The summed E-state index contributed by atoms with van der Waals surface area (Å²) in [7, 11) is 0. The van der Waals surface area contributed by atoms with Crippen LogP contribution in [0.4, 0.5) is 0 Å². The zero-order chi connectivity index (χ0) is 21.2. The molecule has 0 aromatic rings. The van der Waals surface area contributed by atoms with Gasteiger partial charge in [0.1, 0.15) is 36.6 Å². The van der Waals surface area contributed by atoms with E-state index in [1.54, 1.807) is 0 Å². The zero-order valence-corrected chi connectivity index (χ0v) is 15.7. The molecule has 0 spiro atoms. The number of hydrogen-bond acceptors (Lipinski definition) is 12. The van der Waals surface area contributed by atoms with Crippen molar-refractivity contribution in [1.82, 2.24) is 0 Å². The van der Waals surface area contributed by atoms with Crippen molar-refractivity contribution >= 4 is 11.9 Å². The third-order valence-corrected chi connectivity index (χ3v) is 3.02. The maximum Gasteiger partial charge on any atom is 0.335 e. The Morgan fingerprint density at radius 1 is 0.536 bits per heavy atom. The fourth-order valence-electron chi connectivity index (χ4n) is 1.34. The summed E-state index contributed by atoms with van der Waals surface area (Å²) in [4.78, 5) is 20.2.